The van der Waals surface area contributed by atoms with Gasteiger partial charge in [0.2, 0.25) is 0 Å². The minimum Gasteiger partial charge on any atom is -0.508 e. The molecule has 4 nitrogen and oxygen atoms in total. The maximum Gasteiger partial charge on any atom is 0.115 e. The first-order valence-electron chi connectivity index (χ1n) is 6.93. The fourth-order valence-corrected chi connectivity index (χ4v) is 1.97. The molecule has 3 aromatic rings. The maximum atomic E-state index is 9.33. The van der Waals surface area contributed by atoms with Gasteiger partial charge >= 0.3 is 0 Å². The average Bonchev–Trinajstić information content (AvgIpc) is 2.57. The number of nitrogens with one attached hydrogen (secondary N) is 1. The summed E-state index contributed by atoms with van der Waals surface area (Å²) in [5, 5.41) is 21.1. The van der Waals surface area contributed by atoms with Crippen LogP contribution in [-0.2, 0) is 0 Å². The first-order valence-corrected chi connectivity index (χ1v) is 6.93. The third-order valence-corrected chi connectivity index (χ3v) is 3.08. The molecule has 2 N–H and O–H groups in total. The van der Waals surface area contributed by atoms with Crippen molar-refractivity contribution < 1.29 is 5.11 Å². The minimum absolute atomic E-state index is 0.239. The molecular weight excluding hydrogens is 274 g/mol. The zero-order chi connectivity index (χ0) is 15.2. The molecule has 0 radical (unpaired) electrons. The van der Waals surface area contributed by atoms with Gasteiger partial charge in [-0.2, -0.15) is 5.11 Å². The molecule has 3 rings (SSSR count). The number of aromatic hydroxyl groups is 1. The number of phenolic OH excluding ortho intramolecular Hbond substituents is 1. The number of phenols is 1. The van der Waals surface area contributed by atoms with Gasteiger partial charge in [0, 0.05) is 5.69 Å². The van der Waals surface area contributed by atoms with Crippen molar-refractivity contribution >= 4 is 22.7 Å². The molecule has 0 aliphatic carbocycles. The molecule has 3 aromatic carbocycles. The third kappa shape index (κ3) is 3.49. The first kappa shape index (κ1) is 13.8. The van der Waals surface area contributed by atoms with Crippen molar-refractivity contribution in [3.8, 4) is 5.75 Å². The Morgan fingerprint density at radius 2 is 1.36 bits per heavy atom. The number of benzene rings is 3. The van der Waals surface area contributed by atoms with Gasteiger partial charge in [-0.25, -0.2) is 0 Å². The molecule has 0 saturated carbocycles. The summed E-state index contributed by atoms with van der Waals surface area (Å²) in [5.74, 6) is 0.239. The lowest BCUT2D eigenvalue weighted by molar-refractivity contribution is 0.475. The SMILES string of the molecule is Oc1ccc(Nc2ccccc2N=Nc2ccccc2)cc1. The summed E-state index contributed by atoms with van der Waals surface area (Å²) in [7, 11) is 0. The second-order valence-corrected chi connectivity index (χ2v) is 4.72. The monoisotopic (exact) mass is 289 g/mol. The molecule has 0 aliphatic heterocycles. The zero-order valence-electron chi connectivity index (χ0n) is 11.8. The van der Waals surface area contributed by atoms with E-state index in [2.05, 4.69) is 15.5 Å². The largest absolute Gasteiger partial charge is 0.508 e. The highest BCUT2D eigenvalue weighted by atomic mass is 16.3. The lowest BCUT2D eigenvalue weighted by atomic mass is 10.2. The van der Waals surface area contributed by atoms with Crippen molar-refractivity contribution in [3.05, 3.63) is 78.9 Å². The summed E-state index contributed by atoms with van der Waals surface area (Å²) in [6, 6.07) is 24.2. The Balaban J connectivity index is 1.83. The van der Waals surface area contributed by atoms with Crippen LogP contribution in [0.4, 0.5) is 22.7 Å². The summed E-state index contributed by atoms with van der Waals surface area (Å²) in [6.07, 6.45) is 0. The predicted molar refractivity (Wildman–Crippen MR) is 88.4 cm³/mol. The van der Waals surface area contributed by atoms with E-state index in [9.17, 15) is 5.11 Å². The van der Waals surface area contributed by atoms with Gasteiger partial charge in [0.05, 0.1) is 11.4 Å². The predicted octanol–water partition coefficient (Wildman–Crippen LogP) is 5.55. The Kier molecular flexibility index (Phi) is 4.11. The number of para-hydroxylation sites is 1. The highest BCUT2D eigenvalue weighted by molar-refractivity contribution is 5.72. The van der Waals surface area contributed by atoms with Crippen LogP contribution in [0.15, 0.2) is 89.1 Å². The van der Waals surface area contributed by atoms with E-state index >= 15 is 0 Å². The minimum atomic E-state index is 0.239. The van der Waals surface area contributed by atoms with Crippen molar-refractivity contribution in [2.75, 3.05) is 5.32 Å². The van der Waals surface area contributed by atoms with Crippen LogP contribution in [0.3, 0.4) is 0 Å². The number of anilines is 2. The number of azo groups is 1. The quantitative estimate of drug-likeness (QED) is 0.488. The average molecular weight is 289 g/mol. The van der Waals surface area contributed by atoms with Crippen molar-refractivity contribution in [2.45, 2.75) is 0 Å². The van der Waals surface area contributed by atoms with Crippen LogP contribution in [0.25, 0.3) is 0 Å². The van der Waals surface area contributed by atoms with Gasteiger partial charge in [-0.3, -0.25) is 0 Å². The summed E-state index contributed by atoms with van der Waals surface area (Å²) >= 11 is 0. The summed E-state index contributed by atoms with van der Waals surface area (Å²) in [4.78, 5) is 0. The maximum absolute atomic E-state index is 9.33. The molecule has 0 amide bonds. The Morgan fingerprint density at radius 3 is 2.14 bits per heavy atom. The number of hydrogen-bond donors (Lipinski definition) is 2. The normalized spacial score (nSPS) is 10.7. The Bertz CT molecular complexity index is 768. The van der Waals surface area contributed by atoms with Crippen LogP contribution in [0.5, 0.6) is 5.75 Å². The fraction of sp³-hybridized carbons (Fsp3) is 0. The first-order chi connectivity index (χ1) is 10.8. The van der Waals surface area contributed by atoms with Crippen molar-refractivity contribution in [3.63, 3.8) is 0 Å². The standard InChI is InChI=1S/C18H15N3O/c22-16-12-10-14(11-13-16)19-17-8-4-5-9-18(17)21-20-15-6-2-1-3-7-15/h1-13,19,22H. The van der Waals surface area contributed by atoms with Gasteiger partial charge in [0.25, 0.3) is 0 Å². The number of rotatable bonds is 4. The van der Waals surface area contributed by atoms with Gasteiger partial charge in [-0.05, 0) is 48.5 Å². The van der Waals surface area contributed by atoms with Gasteiger partial charge in [0.15, 0.2) is 0 Å². The molecule has 4 heteroatoms. The molecule has 0 unspecified atom stereocenters. The Labute approximate surface area is 128 Å². The molecule has 0 atom stereocenters. The zero-order valence-corrected chi connectivity index (χ0v) is 11.8. The van der Waals surface area contributed by atoms with Crippen LogP contribution < -0.4 is 5.32 Å². The van der Waals surface area contributed by atoms with Crippen molar-refractivity contribution in [1.29, 1.82) is 0 Å². The lowest BCUT2D eigenvalue weighted by Gasteiger charge is -2.08. The van der Waals surface area contributed by atoms with E-state index in [1.807, 2.05) is 54.6 Å². The van der Waals surface area contributed by atoms with Gasteiger partial charge in [0.1, 0.15) is 11.4 Å². The van der Waals surface area contributed by atoms with Gasteiger partial charge < -0.3 is 10.4 Å². The summed E-state index contributed by atoms with van der Waals surface area (Å²) in [5.41, 5.74) is 3.29. The van der Waals surface area contributed by atoms with Crippen molar-refractivity contribution in [2.24, 2.45) is 10.2 Å². The molecule has 0 heterocycles. The highest BCUT2D eigenvalue weighted by Crippen LogP contribution is 2.29. The smallest absolute Gasteiger partial charge is 0.115 e. The molecule has 0 fully saturated rings. The van der Waals surface area contributed by atoms with E-state index in [0.717, 1.165) is 22.7 Å². The molecule has 0 aliphatic rings. The number of nitrogens with zero attached hydrogens (tertiary/aromatic N) is 2. The Hall–Kier alpha value is -3.14. The molecule has 0 saturated heterocycles. The highest BCUT2D eigenvalue weighted by Gasteiger charge is 2.01. The molecular formula is C18H15N3O. The molecule has 0 bridgehead atoms. The van der Waals surface area contributed by atoms with E-state index in [1.165, 1.54) is 0 Å². The van der Waals surface area contributed by atoms with Crippen LogP contribution >= 0.6 is 0 Å². The molecule has 0 spiro atoms. The molecule has 22 heavy (non-hydrogen) atoms. The van der Waals surface area contributed by atoms with E-state index < -0.39 is 0 Å². The van der Waals surface area contributed by atoms with Gasteiger partial charge in [-0.1, -0.05) is 30.3 Å². The lowest BCUT2D eigenvalue weighted by Crippen LogP contribution is -1.89. The second-order valence-electron chi connectivity index (χ2n) is 4.72. The van der Waals surface area contributed by atoms with Crippen LogP contribution in [0, 0.1) is 0 Å². The molecule has 0 aromatic heterocycles. The van der Waals surface area contributed by atoms with Crippen LogP contribution in [0.1, 0.15) is 0 Å². The van der Waals surface area contributed by atoms with Crippen LogP contribution in [0.2, 0.25) is 0 Å². The fourth-order valence-electron chi connectivity index (χ4n) is 1.97. The number of hydrogen-bond acceptors (Lipinski definition) is 4. The van der Waals surface area contributed by atoms with Gasteiger partial charge in [-0.15, -0.1) is 5.11 Å². The molecule has 108 valence electrons. The van der Waals surface area contributed by atoms with E-state index in [4.69, 9.17) is 0 Å². The van der Waals surface area contributed by atoms with E-state index in [0.29, 0.717) is 0 Å². The summed E-state index contributed by atoms with van der Waals surface area (Å²) < 4.78 is 0. The van der Waals surface area contributed by atoms with Crippen LogP contribution in [-0.4, -0.2) is 5.11 Å². The second kappa shape index (κ2) is 6.54. The third-order valence-electron chi connectivity index (χ3n) is 3.08. The van der Waals surface area contributed by atoms with Crippen molar-refractivity contribution in [1.82, 2.24) is 0 Å². The Morgan fingerprint density at radius 1 is 0.682 bits per heavy atom. The van der Waals surface area contributed by atoms with E-state index in [1.54, 1.807) is 24.3 Å². The summed E-state index contributed by atoms with van der Waals surface area (Å²) in [6.45, 7) is 0. The van der Waals surface area contributed by atoms with E-state index in [-0.39, 0.29) is 5.75 Å². The topological polar surface area (TPSA) is 57.0 Å².